The summed E-state index contributed by atoms with van der Waals surface area (Å²) in [5.74, 6) is 0.140. The van der Waals surface area contributed by atoms with Crippen molar-refractivity contribution in [1.29, 1.82) is 0 Å². The van der Waals surface area contributed by atoms with Gasteiger partial charge in [0, 0.05) is 51.2 Å². The zero-order chi connectivity index (χ0) is 15.9. The van der Waals surface area contributed by atoms with E-state index in [1.165, 1.54) is 0 Å². The number of aromatic nitrogens is 1. The van der Waals surface area contributed by atoms with Crippen LogP contribution in [0.15, 0.2) is 24.4 Å². The summed E-state index contributed by atoms with van der Waals surface area (Å²) in [7, 11) is 0. The van der Waals surface area contributed by atoms with Crippen molar-refractivity contribution < 1.29 is 14.3 Å². The van der Waals surface area contributed by atoms with E-state index in [1.807, 2.05) is 23.1 Å². The normalized spacial score (nSPS) is 23.5. The van der Waals surface area contributed by atoms with Crippen LogP contribution in [0.25, 0.3) is 0 Å². The average Bonchev–Trinajstić information content (AvgIpc) is 2.82. The Bertz CT molecular complexity index is 491. The van der Waals surface area contributed by atoms with Gasteiger partial charge in [0.1, 0.15) is 0 Å². The number of carbonyl (C=O) groups excluding carboxylic acids is 1. The Morgan fingerprint density at radius 2 is 2.09 bits per heavy atom. The molecule has 2 fully saturated rings. The topological polar surface area (TPSA) is 54.9 Å². The molecule has 1 aromatic rings. The third-order valence-corrected chi connectivity index (χ3v) is 4.33. The Hall–Kier alpha value is -1.50. The predicted octanol–water partition coefficient (Wildman–Crippen LogP) is 0.574. The fourth-order valence-electron chi connectivity index (χ4n) is 3.07. The molecule has 1 aromatic heterocycles. The summed E-state index contributed by atoms with van der Waals surface area (Å²) in [6.45, 7) is 6.50. The zero-order valence-corrected chi connectivity index (χ0v) is 13.5. The second kappa shape index (κ2) is 8.38. The van der Waals surface area contributed by atoms with Crippen molar-refractivity contribution in [3.63, 3.8) is 0 Å². The second-order valence-corrected chi connectivity index (χ2v) is 6.10. The Morgan fingerprint density at radius 3 is 2.87 bits per heavy atom. The summed E-state index contributed by atoms with van der Waals surface area (Å²) in [5.41, 5.74) is 0.826. The van der Waals surface area contributed by atoms with Gasteiger partial charge in [0.2, 0.25) is 5.91 Å². The first-order chi connectivity index (χ1) is 11.3. The van der Waals surface area contributed by atoms with E-state index in [1.54, 1.807) is 6.20 Å². The van der Waals surface area contributed by atoms with Crippen molar-refractivity contribution in [2.75, 3.05) is 52.5 Å². The number of ether oxygens (including phenoxy) is 2. The van der Waals surface area contributed by atoms with E-state index in [0.29, 0.717) is 13.0 Å². The molecule has 0 bridgehead atoms. The lowest BCUT2D eigenvalue weighted by Gasteiger charge is -2.31. The standard InChI is InChI=1S/C17H25N3O3/c21-17(12-15-4-1-2-5-18-15)20-6-3-9-23-16(14-20)13-19-7-10-22-11-8-19/h1-2,4-5,16H,3,6-14H2/t16-/m0/s1. The van der Waals surface area contributed by atoms with E-state index in [0.717, 1.165) is 58.1 Å². The van der Waals surface area contributed by atoms with Crippen molar-refractivity contribution in [3.05, 3.63) is 30.1 Å². The summed E-state index contributed by atoms with van der Waals surface area (Å²) in [6, 6.07) is 5.69. The Labute approximate surface area is 137 Å². The number of hydrogen-bond donors (Lipinski definition) is 0. The summed E-state index contributed by atoms with van der Waals surface area (Å²) in [4.78, 5) is 21.1. The van der Waals surface area contributed by atoms with Crippen LogP contribution >= 0.6 is 0 Å². The summed E-state index contributed by atoms with van der Waals surface area (Å²) < 4.78 is 11.3. The molecule has 6 heteroatoms. The minimum Gasteiger partial charge on any atom is -0.379 e. The van der Waals surface area contributed by atoms with Crippen LogP contribution in [0.4, 0.5) is 0 Å². The molecule has 1 atom stereocenters. The smallest absolute Gasteiger partial charge is 0.228 e. The molecule has 23 heavy (non-hydrogen) atoms. The van der Waals surface area contributed by atoms with Gasteiger partial charge in [0.05, 0.1) is 25.7 Å². The van der Waals surface area contributed by atoms with Gasteiger partial charge in [-0.05, 0) is 18.6 Å². The maximum Gasteiger partial charge on any atom is 0.228 e. The van der Waals surface area contributed by atoms with Crippen molar-refractivity contribution in [1.82, 2.24) is 14.8 Å². The van der Waals surface area contributed by atoms with Crippen LogP contribution in [-0.4, -0.2) is 79.3 Å². The molecule has 2 aliphatic rings. The number of amides is 1. The molecule has 2 aliphatic heterocycles. The highest BCUT2D eigenvalue weighted by molar-refractivity contribution is 5.78. The van der Waals surface area contributed by atoms with Gasteiger partial charge in [-0.15, -0.1) is 0 Å². The van der Waals surface area contributed by atoms with Gasteiger partial charge in [0.25, 0.3) is 0 Å². The van der Waals surface area contributed by atoms with E-state index in [9.17, 15) is 4.79 Å². The lowest BCUT2D eigenvalue weighted by molar-refractivity contribution is -0.131. The van der Waals surface area contributed by atoms with Crippen LogP contribution in [0, 0.1) is 0 Å². The molecule has 126 valence electrons. The largest absolute Gasteiger partial charge is 0.379 e. The molecular weight excluding hydrogens is 294 g/mol. The van der Waals surface area contributed by atoms with Crippen LogP contribution < -0.4 is 0 Å². The Morgan fingerprint density at radius 1 is 1.22 bits per heavy atom. The van der Waals surface area contributed by atoms with E-state index < -0.39 is 0 Å². The number of morpholine rings is 1. The molecule has 2 saturated heterocycles. The van der Waals surface area contributed by atoms with E-state index in [-0.39, 0.29) is 12.0 Å². The summed E-state index contributed by atoms with van der Waals surface area (Å²) in [5, 5.41) is 0. The van der Waals surface area contributed by atoms with Crippen LogP contribution in [0.3, 0.4) is 0 Å². The summed E-state index contributed by atoms with van der Waals surface area (Å²) >= 11 is 0. The molecule has 6 nitrogen and oxygen atoms in total. The zero-order valence-electron chi connectivity index (χ0n) is 13.5. The van der Waals surface area contributed by atoms with Crippen LogP contribution in [0.2, 0.25) is 0 Å². The Balaban J connectivity index is 1.54. The van der Waals surface area contributed by atoms with Crippen molar-refractivity contribution in [3.8, 4) is 0 Å². The first kappa shape index (κ1) is 16.4. The highest BCUT2D eigenvalue weighted by Crippen LogP contribution is 2.11. The van der Waals surface area contributed by atoms with Crippen molar-refractivity contribution in [2.45, 2.75) is 18.9 Å². The van der Waals surface area contributed by atoms with Crippen LogP contribution in [-0.2, 0) is 20.7 Å². The molecular formula is C17H25N3O3. The first-order valence-electron chi connectivity index (χ1n) is 8.40. The van der Waals surface area contributed by atoms with Gasteiger partial charge < -0.3 is 14.4 Å². The van der Waals surface area contributed by atoms with Gasteiger partial charge in [-0.2, -0.15) is 0 Å². The minimum absolute atomic E-state index is 0.0864. The van der Waals surface area contributed by atoms with Crippen LogP contribution in [0.1, 0.15) is 12.1 Å². The number of carbonyl (C=O) groups is 1. The van der Waals surface area contributed by atoms with Gasteiger partial charge in [-0.25, -0.2) is 0 Å². The average molecular weight is 319 g/mol. The predicted molar refractivity (Wildman–Crippen MR) is 86.1 cm³/mol. The first-order valence-corrected chi connectivity index (χ1v) is 8.40. The summed E-state index contributed by atoms with van der Waals surface area (Å²) in [6.07, 6.45) is 3.08. The van der Waals surface area contributed by atoms with E-state index in [2.05, 4.69) is 9.88 Å². The van der Waals surface area contributed by atoms with Gasteiger partial charge in [0.15, 0.2) is 0 Å². The lowest BCUT2D eigenvalue weighted by Crippen LogP contribution is -2.46. The molecule has 0 unspecified atom stereocenters. The third kappa shape index (κ3) is 4.99. The van der Waals surface area contributed by atoms with Gasteiger partial charge >= 0.3 is 0 Å². The van der Waals surface area contributed by atoms with E-state index in [4.69, 9.17) is 9.47 Å². The number of hydrogen-bond acceptors (Lipinski definition) is 5. The second-order valence-electron chi connectivity index (χ2n) is 6.10. The molecule has 0 aromatic carbocycles. The molecule has 0 spiro atoms. The molecule has 1 amide bonds. The lowest BCUT2D eigenvalue weighted by atomic mass is 10.2. The highest BCUT2D eigenvalue weighted by Gasteiger charge is 2.25. The molecule has 3 heterocycles. The van der Waals surface area contributed by atoms with Crippen molar-refractivity contribution in [2.24, 2.45) is 0 Å². The minimum atomic E-state index is 0.0864. The maximum atomic E-state index is 12.6. The van der Waals surface area contributed by atoms with E-state index >= 15 is 0 Å². The fraction of sp³-hybridized carbons (Fsp3) is 0.647. The fourth-order valence-corrected chi connectivity index (χ4v) is 3.07. The molecule has 0 N–H and O–H groups in total. The monoisotopic (exact) mass is 319 g/mol. The van der Waals surface area contributed by atoms with Gasteiger partial charge in [-0.3, -0.25) is 14.7 Å². The van der Waals surface area contributed by atoms with Crippen LogP contribution in [0.5, 0.6) is 0 Å². The number of nitrogens with zero attached hydrogens (tertiary/aromatic N) is 3. The van der Waals surface area contributed by atoms with Gasteiger partial charge in [-0.1, -0.05) is 6.07 Å². The number of pyridine rings is 1. The molecule has 0 aliphatic carbocycles. The molecule has 0 saturated carbocycles. The van der Waals surface area contributed by atoms with Crippen molar-refractivity contribution >= 4 is 5.91 Å². The molecule has 3 rings (SSSR count). The highest BCUT2D eigenvalue weighted by atomic mass is 16.5. The maximum absolute atomic E-state index is 12.6. The SMILES string of the molecule is O=C(Cc1ccccn1)N1CCCO[C@@H](CN2CCOCC2)C1. The molecule has 0 radical (unpaired) electrons. The third-order valence-electron chi connectivity index (χ3n) is 4.33. The Kier molecular flexibility index (Phi) is 5.96. The number of rotatable bonds is 4. The quantitative estimate of drug-likeness (QED) is 0.812.